The van der Waals surface area contributed by atoms with Crippen LogP contribution in [0.5, 0.6) is 11.5 Å². The third-order valence-electron chi connectivity index (χ3n) is 5.26. The van der Waals surface area contributed by atoms with Crippen LogP contribution in [0.2, 0.25) is 5.02 Å². The van der Waals surface area contributed by atoms with E-state index < -0.39 is 11.7 Å². The molecule has 2 N–H and O–H groups in total. The number of benzene rings is 3. The Balaban J connectivity index is 1.38. The molecule has 1 amide bonds. The number of carbonyl (C=O) groups is 1. The van der Waals surface area contributed by atoms with E-state index in [4.69, 9.17) is 25.5 Å². The molecule has 1 atom stereocenters. The highest BCUT2D eigenvalue weighted by Gasteiger charge is 2.17. The Morgan fingerprint density at radius 3 is 2.57 bits per heavy atom. The monoisotopic (exact) mass is 494 g/mol. The highest BCUT2D eigenvalue weighted by molar-refractivity contribution is 6.31. The highest BCUT2D eigenvalue weighted by Crippen LogP contribution is 2.29. The molecule has 1 unspecified atom stereocenters. The van der Waals surface area contributed by atoms with Gasteiger partial charge < -0.3 is 19.2 Å². The maximum atomic E-state index is 13.3. The molecule has 0 bridgehead atoms. The van der Waals surface area contributed by atoms with Crippen LogP contribution in [-0.4, -0.2) is 19.6 Å². The molecule has 0 aliphatic heterocycles. The first kappa shape index (κ1) is 24.3. The Labute approximate surface area is 207 Å². The predicted molar refractivity (Wildman–Crippen MR) is 132 cm³/mol. The number of methoxy groups -OCH3 is 1. The van der Waals surface area contributed by atoms with E-state index >= 15 is 0 Å². The largest absolute Gasteiger partial charge is 0.493 e. The van der Waals surface area contributed by atoms with Gasteiger partial charge in [-0.05, 0) is 53.6 Å². The molecule has 0 saturated carbocycles. The summed E-state index contributed by atoms with van der Waals surface area (Å²) in [5.74, 6) is 0.769. The van der Waals surface area contributed by atoms with E-state index in [1.165, 1.54) is 25.3 Å². The van der Waals surface area contributed by atoms with Gasteiger partial charge in [-0.1, -0.05) is 48.0 Å². The van der Waals surface area contributed by atoms with Crippen molar-refractivity contribution < 1.29 is 23.1 Å². The van der Waals surface area contributed by atoms with Crippen molar-refractivity contribution in [2.45, 2.75) is 12.6 Å². The molecule has 0 spiro atoms. The fourth-order valence-corrected chi connectivity index (χ4v) is 3.74. The van der Waals surface area contributed by atoms with E-state index in [0.29, 0.717) is 23.7 Å². The average Bonchev–Trinajstić information content (AvgIpc) is 3.41. The molecule has 3 aromatic carbocycles. The fourth-order valence-electron chi connectivity index (χ4n) is 3.56. The molecule has 35 heavy (non-hydrogen) atoms. The minimum atomic E-state index is -0.556. The zero-order chi connectivity index (χ0) is 24.6. The van der Waals surface area contributed by atoms with Gasteiger partial charge in [0, 0.05) is 12.2 Å². The lowest BCUT2D eigenvalue weighted by molar-refractivity contribution is -0.118. The van der Waals surface area contributed by atoms with Crippen molar-refractivity contribution in [1.82, 2.24) is 5.32 Å². The van der Waals surface area contributed by atoms with Crippen molar-refractivity contribution in [1.29, 1.82) is 0 Å². The van der Waals surface area contributed by atoms with Gasteiger partial charge in [-0.2, -0.15) is 0 Å². The molecule has 1 heterocycles. The number of rotatable bonds is 10. The van der Waals surface area contributed by atoms with Gasteiger partial charge in [0.25, 0.3) is 5.91 Å². The number of halogens is 2. The second-order valence-electron chi connectivity index (χ2n) is 7.69. The molecular formula is C27H24ClFN2O4. The van der Waals surface area contributed by atoms with Crippen molar-refractivity contribution in [2.75, 3.05) is 19.0 Å². The van der Waals surface area contributed by atoms with Gasteiger partial charge in [0.1, 0.15) is 11.6 Å². The lowest BCUT2D eigenvalue weighted by Crippen LogP contribution is -2.22. The maximum absolute atomic E-state index is 13.3. The van der Waals surface area contributed by atoms with Gasteiger partial charge in [-0.3, -0.25) is 10.1 Å². The van der Waals surface area contributed by atoms with Crippen LogP contribution in [0.4, 0.5) is 10.1 Å². The number of hydrogen-bond acceptors (Lipinski definition) is 5. The van der Waals surface area contributed by atoms with Crippen LogP contribution in [0, 0.1) is 5.82 Å². The zero-order valence-electron chi connectivity index (χ0n) is 19.0. The van der Waals surface area contributed by atoms with Gasteiger partial charge >= 0.3 is 0 Å². The first-order valence-electron chi connectivity index (χ1n) is 10.9. The molecule has 6 nitrogen and oxygen atoms in total. The van der Waals surface area contributed by atoms with Crippen molar-refractivity contribution in [3.63, 3.8) is 0 Å². The van der Waals surface area contributed by atoms with Gasteiger partial charge in [0.2, 0.25) is 0 Å². The van der Waals surface area contributed by atoms with Gasteiger partial charge in [-0.15, -0.1) is 0 Å². The molecule has 0 saturated heterocycles. The molecule has 0 radical (unpaired) electrons. The Morgan fingerprint density at radius 2 is 1.86 bits per heavy atom. The molecule has 4 aromatic rings. The predicted octanol–water partition coefficient (Wildman–Crippen LogP) is 5.98. The van der Waals surface area contributed by atoms with Crippen molar-refractivity contribution in [3.05, 3.63) is 113 Å². The normalized spacial score (nSPS) is 11.6. The summed E-state index contributed by atoms with van der Waals surface area (Å²) in [6.07, 6.45) is 1.66. The number of ether oxygens (including phenoxy) is 2. The van der Waals surface area contributed by atoms with E-state index in [1.807, 2.05) is 54.6 Å². The minimum absolute atomic E-state index is 0.0730. The van der Waals surface area contributed by atoms with Crippen LogP contribution < -0.4 is 20.1 Å². The molecule has 1 aromatic heterocycles. The highest BCUT2D eigenvalue weighted by atomic mass is 35.5. The van der Waals surface area contributed by atoms with E-state index in [9.17, 15) is 9.18 Å². The van der Waals surface area contributed by atoms with E-state index in [1.54, 1.807) is 12.3 Å². The molecule has 0 fully saturated rings. The molecule has 4 rings (SSSR count). The van der Waals surface area contributed by atoms with Crippen LogP contribution in [0.3, 0.4) is 0 Å². The number of carbonyl (C=O) groups excluding carboxylic acids is 1. The summed E-state index contributed by atoms with van der Waals surface area (Å²) in [7, 11) is 1.54. The van der Waals surface area contributed by atoms with Crippen molar-refractivity contribution in [2.24, 2.45) is 0 Å². The third-order valence-corrected chi connectivity index (χ3v) is 5.55. The first-order valence-corrected chi connectivity index (χ1v) is 11.3. The zero-order valence-corrected chi connectivity index (χ0v) is 19.7. The van der Waals surface area contributed by atoms with Crippen molar-refractivity contribution >= 4 is 23.2 Å². The Kier molecular flexibility index (Phi) is 8.03. The fraction of sp³-hybridized carbons (Fsp3) is 0.148. The molecule has 180 valence electrons. The smallest absolute Gasteiger partial charge is 0.262 e. The number of anilines is 1. The summed E-state index contributed by atoms with van der Waals surface area (Å²) in [6, 6.07) is 23.2. The number of furan rings is 1. The summed E-state index contributed by atoms with van der Waals surface area (Å²) in [5.41, 5.74) is 2.43. The number of hydrogen-bond donors (Lipinski definition) is 2. The quantitative estimate of drug-likeness (QED) is 0.284. The Morgan fingerprint density at radius 1 is 1.03 bits per heavy atom. The molecule has 0 aliphatic rings. The lowest BCUT2D eigenvalue weighted by Gasteiger charge is -2.18. The number of nitrogens with one attached hydrogen (secondary N) is 2. The molecule has 0 aliphatic carbocycles. The van der Waals surface area contributed by atoms with E-state index in [2.05, 4.69) is 10.6 Å². The number of amides is 1. The van der Waals surface area contributed by atoms with E-state index in [0.717, 1.165) is 16.9 Å². The van der Waals surface area contributed by atoms with Crippen LogP contribution >= 0.6 is 11.6 Å². The van der Waals surface area contributed by atoms with Crippen LogP contribution in [0.25, 0.3) is 0 Å². The second-order valence-corrected chi connectivity index (χ2v) is 8.10. The third kappa shape index (κ3) is 6.41. The summed E-state index contributed by atoms with van der Waals surface area (Å²) < 4.78 is 30.0. The van der Waals surface area contributed by atoms with Gasteiger partial charge in [0.05, 0.1) is 24.4 Å². The topological polar surface area (TPSA) is 72.7 Å². The SMILES string of the molecule is COc1cc(CNC(c2ccccc2)c2ccco2)ccc1OCC(=O)Nc1ccc(F)c(Cl)c1. The maximum Gasteiger partial charge on any atom is 0.262 e. The van der Waals surface area contributed by atoms with Gasteiger partial charge in [-0.25, -0.2) is 4.39 Å². The van der Waals surface area contributed by atoms with Crippen LogP contribution in [0.1, 0.15) is 22.9 Å². The lowest BCUT2D eigenvalue weighted by atomic mass is 10.0. The molecule has 8 heteroatoms. The summed E-state index contributed by atoms with van der Waals surface area (Å²) in [5, 5.41) is 6.06. The summed E-state index contributed by atoms with van der Waals surface area (Å²) in [4.78, 5) is 12.2. The second kappa shape index (κ2) is 11.6. The summed E-state index contributed by atoms with van der Waals surface area (Å²) in [6.45, 7) is 0.292. The standard InChI is InChI=1S/C27H24ClFN2O4/c1-33-25-14-18(16-30-27(24-8-5-13-34-24)19-6-3-2-4-7-19)9-12-23(25)35-17-26(32)31-20-10-11-22(29)21(28)15-20/h2-15,27,30H,16-17H2,1H3,(H,31,32). The first-order chi connectivity index (χ1) is 17.0. The average molecular weight is 495 g/mol. The summed E-state index contributed by atoms with van der Waals surface area (Å²) >= 11 is 5.75. The minimum Gasteiger partial charge on any atom is -0.493 e. The Bertz CT molecular complexity index is 1270. The molecular weight excluding hydrogens is 471 g/mol. The van der Waals surface area contributed by atoms with Crippen molar-refractivity contribution in [3.8, 4) is 11.5 Å². The Hall–Kier alpha value is -3.81. The van der Waals surface area contributed by atoms with Crippen LogP contribution in [-0.2, 0) is 11.3 Å². The van der Waals surface area contributed by atoms with Crippen LogP contribution in [0.15, 0.2) is 89.5 Å². The van der Waals surface area contributed by atoms with Gasteiger partial charge in [0.15, 0.2) is 18.1 Å². The van der Waals surface area contributed by atoms with E-state index in [-0.39, 0.29) is 17.7 Å².